The molecule has 11 heteroatoms. The van der Waals surface area contributed by atoms with Crippen LogP contribution in [-0.2, 0) is 31.9 Å². The lowest BCUT2D eigenvalue weighted by atomic mass is 9.75. The van der Waals surface area contributed by atoms with Crippen LogP contribution in [0.1, 0.15) is 75.3 Å². The number of rotatable bonds is 6. The highest BCUT2D eigenvalue weighted by Gasteiger charge is 2.64. The van der Waals surface area contributed by atoms with Gasteiger partial charge in [0.05, 0.1) is 21.9 Å². The van der Waals surface area contributed by atoms with Gasteiger partial charge < -0.3 is 4.89 Å². The minimum atomic E-state index is -4.29. The van der Waals surface area contributed by atoms with Crippen molar-refractivity contribution in [1.82, 2.24) is 8.15 Å². The number of aryl methyl sites for hydroxylation is 2. The van der Waals surface area contributed by atoms with Gasteiger partial charge in [-0.15, -0.1) is 8.15 Å². The molecule has 2 unspecified atom stereocenters. The number of benzene rings is 2. The van der Waals surface area contributed by atoms with Crippen LogP contribution in [-0.4, -0.2) is 42.0 Å². The SMILES string of the molecule is Cc1ccc(S(=O)(=O)N2C(C3CCCCC3)C(C3CCCCC3)N(S(=O)(=O)c3ccc(C)cc3)P2(O)=S)cc1. The summed E-state index contributed by atoms with van der Waals surface area (Å²) in [5.41, 5.74) is 1.82. The molecule has 2 aromatic rings. The zero-order valence-electron chi connectivity index (χ0n) is 22.6. The van der Waals surface area contributed by atoms with Crippen molar-refractivity contribution in [3.8, 4) is 0 Å². The summed E-state index contributed by atoms with van der Waals surface area (Å²) in [4.78, 5) is 12.3. The molecule has 1 N–H and O–H groups in total. The van der Waals surface area contributed by atoms with E-state index >= 15 is 0 Å². The summed E-state index contributed by atoms with van der Waals surface area (Å²) in [6.07, 6.45) is 9.13. The van der Waals surface area contributed by atoms with E-state index in [1.165, 1.54) is 24.3 Å². The quantitative estimate of drug-likeness (QED) is 0.397. The first kappa shape index (κ1) is 29.4. The van der Waals surface area contributed by atoms with Crippen LogP contribution in [0.5, 0.6) is 0 Å². The predicted molar refractivity (Wildman–Crippen MR) is 158 cm³/mol. The number of hydrogen-bond donors (Lipinski definition) is 1. The minimum Gasteiger partial charge on any atom is -0.341 e. The van der Waals surface area contributed by atoms with Crippen LogP contribution in [0.15, 0.2) is 58.3 Å². The first-order valence-electron chi connectivity index (χ1n) is 14.0. The van der Waals surface area contributed by atoms with Crippen LogP contribution >= 0.6 is 6.57 Å². The average Bonchev–Trinajstić information content (AvgIpc) is 3.18. The van der Waals surface area contributed by atoms with Crippen molar-refractivity contribution in [2.24, 2.45) is 11.8 Å². The zero-order valence-corrected chi connectivity index (χ0v) is 26.0. The van der Waals surface area contributed by atoms with Crippen LogP contribution in [0, 0.1) is 25.7 Å². The smallest absolute Gasteiger partial charge is 0.250 e. The second-order valence-electron chi connectivity index (χ2n) is 11.5. The lowest BCUT2D eigenvalue weighted by Crippen LogP contribution is -2.50. The van der Waals surface area contributed by atoms with Crippen LogP contribution in [0.3, 0.4) is 0 Å². The van der Waals surface area contributed by atoms with Gasteiger partial charge in [-0.1, -0.05) is 73.9 Å². The van der Waals surface area contributed by atoms with Crippen LogP contribution in [0.4, 0.5) is 0 Å². The predicted octanol–water partition coefficient (Wildman–Crippen LogP) is 6.11. The summed E-state index contributed by atoms with van der Waals surface area (Å²) < 4.78 is 59.8. The Balaban J connectivity index is 1.73. The first-order valence-corrected chi connectivity index (χ1v) is 19.6. The highest BCUT2D eigenvalue weighted by atomic mass is 32.5. The molecule has 0 amide bonds. The van der Waals surface area contributed by atoms with Gasteiger partial charge in [0, 0.05) is 0 Å². The molecule has 7 nitrogen and oxygen atoms in total. The Morgan fingerprint density at radius 2 is 0.949 bits per heavy atom. The summed E-state index contributed by atoms with van der Waals surface area (Å²) in [7, 11) is -8.59. The van der Waals surface area contributed by atoms with Gasteiger partial charge in [-0.2, -0.15) is 0 Å². The lowest BCUT2D eigenvalue weighted by Gasteiger charge is -2.40. The molecule has 2 atom stereocenters. The van der Waals surface area contributed by atoms with E-state index in [4.69, 9.17) is 11.8 Å². The second kappa shape index (κ2) is 11.3. The Kier molecular flexibility index (Phi) is 8.49. The van der Waals surface area contributed by atoms with Gasteiger partial charge in [0.1, 0.15) is 0 Å². The van der Waals surface area contributed by atoms with Crippen LogP contribution in [0.2, 0.25) is 0 Å². The second-order valence-corrected chi connectivity index (χ2v) is 19.0. The Bertz CT molecular complexity index is 1330. The molecule has 2 aromatic carbocycles. The Hall–Kier alpha value is -1.13. The van der Waals surface area contributed by atoms with Gasteiger partial charge in [0.25, 0.3) is 0 Å². The van der Waals surface area contributed by atoms with Crippen molar-refractivity contribution in [3.05, 3.63) is 59.7 Å². The van der Waals surface area contributed by atoms with Crippen molar-refractivity contribution in [2.45, 2.75) is 99.9 Å². The average molecular weight is 611 g/mol. The summed E-state index contributed by atoms with van der Waals surface area (Å²) >= 11 is 5.85. The molecule has 2 aliphatic carbocycles. The fourth-order valence-corrected chi connectivity index (χ4v) is 16.6. The van der Waals surface area contributed by atoms with E-state index in [-0.39, 0.29) is 21.6 Å². The first-order chi connectivity index (χ1) is 18.5. The van der Waals surface area contributed by atoms with E-state index in [1.807, 2.05) is 13.8 Å². The molecular formula is C28H39N2O5PS3. The molecule has 0 bridgehead atoms. The monoisotopic (exact) mass is 610 g/mol. The standard InChI is InChI=1S/C28H39N2O5PS3/c1-21-13-17-25(18-14-21)38(32,33)29-27(23-9-5-3-6-10-23)28(24-11-7-4-8-12-24)30(36(29,31)37)39(34,35)26-19-15-22(2)16-20-26/h13-20,23-24,27-28H,3-12H2,1-2H3,(H,31,37). The van der Waals surface area contributed by atoms with Gasteiger partial charge in [-0.05, 0) is 87.4 Å². The van der Waals surface area contributed by atoms with Gasteiger partial charge in [0.2, 0.25) is 26.6 Å². The number of hydrogen-bond acceptors (Lipinski definition) is 5. The van der Waals surface area contributed by atoms with E-state index in [0.29, 0.717) is 0 Å². The van der Waals surface area contributed by atoms with Gasteiger partial charge >= 0.3 is 0 Å². The maximum Gasteiger partial charge on any atom is 0.250 e. The molecule has 0 spiro atoms. The molecule has 214 valence electrons. The molecule has 0 radical (unpaired) electrons. The largest absolute Gasteiger partial charge is 0.341 e. The van der Waals surface area contributed by atoms with Crippen molar-refractivity contribution in [1.29, 1.82) is 0 Å². The van der Waals surface area contributed by atoms with Gasteiger partial charge in [-0.3, -0.25) is 0 Å². The topological polar surface area (TPSA) is 95.0 Å². The third kappa shape index (κ3) is 5.43. The molecule has 5 rings (SSSR count). The van der Waals surface area contributed by atoms with Crippen molar-refractivity contribution in [2.75, 3.05) is 0 Å². The van der Waals surface area contributed by atoms with E-state index in [9.17, 15) is 21.7 Å². The summed E-state index contributed by atoms with van der Waals surface area (Å²) in [6, 6.07) is 11.6. The molecule has 2 saturated carbocycles. The molecular weight excluding hydrogens is 571 g/mol. The third-order valence-corrected chi connectivity index (χ3v) is 17.9. The Morgan fingerprint density at radius 3 is 1.26 bits per heavy atom. The zero-order chi connectivity index (χ0) is 28.0. The number of sulfonamides is 2. The summed E-state index contributed by atoms with van der Waals surface area (Å²) in [5, 5.41) is 0. The van der Waals surface area contributed by atoms with Gasteiger partial charge in [-0.25, -0.2) is 16.8 Å². The number of nitrogens with zero attached hydrogens (tertiary/aromatic N) is 2. The fourth-order valence-electron chi connectivity index (χ4n) is 6.80. The summed E-state index contributed by atoms with van der Waals surface area (Å²) in [5.74, 6) is -0.141. The van der Waals surface area contributed by atoms with E-state index in [2.05, 4.69) is 0 Å². The van der Waals surface area contributed by atoms with E-state index in [0.717, 1.165) is 83.5 Å². The van der Waals surface area contributed by atoms with Crippen LogP contribution < -0.4 is 0 Å². The van der Waals surface area contributed by atoms with Crippen molar-refractivity contribution < 1.29 is 21.7 Å². The fraction of sp³-hybridized carbons (Fsp3) is 0.571. The summed E-state index contributed by atoms with van der Waals surface area (Å²) in [6.45, 7) is -0.528. The van der Waals surface area contributed by atoms with Crippen molar-refractivity contribution in [3.63, 3.8) is 0 Å². The molecule has 1 aliphatic heterocycles. The molecule has 3 aliphatic rings. The lowest BCUT2D eigenvalue weighted by molar-refractivity contribution is 0.152. The minimum absolute atomic E-state index is 0.0363. The van der Waals surface area contributed by atoms with Gasteiger partial charge in [0.15, 0.2) is 0 Å². The molecule has 1 heterocycles. The maximum absolute atomic E-state index is 14.4. The molecule has 0 aromatic heterocycles. The molecule has 3 fully saturated rings. The Labute approximate surface area is 238 Å². The van der Waals surface area contributed by atoms with Crippen LogP contribution in [0.25, 0.3) is 0 Å². The molecule has 1 saturated heterocycles. The normalized spacial score (nSPS) is 28.6. The highest BCUT2D eigenvalue weighted by Crippen LogP contribution is 2.66. The highest BCUT2D eigenvalue weighted by molar-refractivity contribution is 8.18. The van der Waals surface area contributed by atoms with Crippen molar-refractivity contribution >= 4 is 38.4 Å². The third-order valence-electron chi connectivity index (χ3n) is 8.77. The van der Waals surface area contributed by atoms with E-state index < -0.39 is 38.7 Å². The van der Waals surface area contributed by atoms with E-state index in [1.54, 1.807) is 24.3 Å². The Morgan fingerprint density at radius 1 is 0.641 bits per heavy atom. The maximum atomic E-state index is 14.4. The molecule has 39 heavy (non-hydrogen) atoms.